The molecule has 0 saturated heterocycles. The van der Waals surface area contributed by atoms with Crippen LogP contribution in [0.4, 0.5) is 34.1 Å². The second kappa shape index (κ2) is 35.3. The SMILES string of the molecule is c1ccc(-c2ccc(-c3ccc(N(c4ccc(-c5ccc(-c6ccccc6-n6c7ccccc7c7ccccc76)cc5)cc4)c4cccc(-c5cccc6c5oc5ccccc56)c4)cc3)cc2)cc1.c1ccc(-c2ccc(-c3cccc(N(c4ccc(-c5ccc(-c6ccccc6-n6c7ccccc7c7ccccc76)cc5)cc4)c4cccc(-c5cccc6c5oc5ccccc56)c4)c3)cc2)cc1. The first-order chi connectivity index (χ1) is 68.4. The molecule has 138 heavy (non-hydrogen) atoms. The number of rotatable bonds is 18. The van der Waals surface area contributed by atoms with Gasteiger partial charge in [-0.25, -0.2) is 0 Å². The molecule has 0 amide bonds. The molecule has 0 aliphatic carbocycles. The minimum Gasteiger partial charge on any atom is -0.455 e. The van der Waals surface area contributed by atoms with Crippen LogP contribution in [0.1, 0.15) is 0 Å². The van der Waals surface area contributed by atoms with Gasteiger partial charge in [0.1, 0.15) is 22.3 Å². The van der Waals surface area contributed by atoms with Gasteiger partial charge in [-0.1, -0.05) is 413 Å². The van der Waals surface area contributed by atoms with Crippen molar-refractivity contribution in [2.24, 2.45) is 0 Å². The Kier molecular flexibility index (Phi) is 20.9. The fourth-order valence-electron chi connectivity index (χ4n) is 20.5. The maximum absolute atomic E-state index is 6.54. The van der Waals surface area contributed by atoms with Crippen LogP contribution in [0.5, 0.6) is 0 Å². The van der Waals surface area contributed by atoms with E-state index in [0.717, 1.165) is 128 Å². The van der Waals surface area contributed by atoms with Crippen LogP contribution in [0, 0.1) is 0 Å². The summed E-state index contributed by atoms with van der Waals surface area (Å²) in [6.07, 6.45) is 0. The second-order valence-corrected chi connectivity index (χ2v) is 35.3. The average molecular weight is 1760 g/mol. The minimum absolute atomic E-state index is 0.894. The van der Waals surface area contributed by atoms with Crippen molar-refractivity contribution in [1.82, 2.24) is 9.13 Å². The molecule has 0 aliphatic rings. The summed E-state index contributed by atoms with van der Waals surface area (Å²) in [4.78, 5) is 4.71. The van der Waals surface area contributed by atoms with Gasteiger partial charge in [0.25, 0.3) is 0 Å². The Balaban J connectivity index is 0.000000146. The molecule has 648 valence electrons. The average Bonchev–Trinajstić information content (AvgIpc) is 1.59. The minimum atomic E-state index is 0.894. The number of fused-ring (bicyclic) bond motifs is 12. The monoisotopic (exact) mass is 1760 g/mol. The van der Waals surface area contributed by atoms with Crippen LogP contribution in [0.3, 0.4) is 0 Å². The number of benzene rings is 22. The lowest BCUT2D eigenvalue weighted by Crippen LogP contribution is -2.10. The predicted octanol–water partition coefficient (Wildman–Crippen LogP) is 37.0. The lowest BCUT2D eigenvalue weighted by atomic mass is 9.98. The van der Waals surface area contributed by atoms with Crippen molar-refractivity contribution in [2.45, 2.75) is 0 Å². The van der Waals surface area contributed by atoms with Crippen LogP contribution in [0.15, 0.2) is 543 Å². The summed E-state index contributed by atoms with van der Waals surface area (Å²) in [5.74, 6) is 0. The predicted molar refractivity (Wildman–Crippen MR) is 580 cm³/mol. The van der Waals surface area contributed by atoms with Gasteiger partial charge in [-0.2, -0.15) is 0 Å². The maximum Gasteiger partial charge on any atom is 0.143 e. The molecule has 0 fully saturated rings. The van der Waals surface area contributed by atoms with E-state index in [2.05, 4.69) is 529 Å². The fourth-order valence-corrected chi connectivity index (χ4v) is 20.5. The Labute approximate surface area is 800 Å². The van der Waals surface area contributed by atoms with Crippen molar-refractivity contribution < 1.29 is 8.83 Å². The number of para-hydroxylation sites is 10. The molecule has 22 aromatic carbocycles. The van der Waals surface area contributed by atoms with E-state index in [0.29, 0.717) is 0 Å². The first-order valence-corrected chi connectivity index (χ1v) is 47.1. The number of nitrogens with zero attached hydrogens (tertiary/aromatic N) is 4. The van der Waals surface area contributed by atoms with Crippen molar-refractivity contribution in [3.8, 4) is 123 Å². The lowest BCUT2D eigenvalue weighted by molar-refractivity contribution is 0.669. The van der Waals surface area contributed by atoms with Crippen molar-refractivity contribution in [3.05, 3.63) is 534 Å². The van der Waals surface area contributed by atoms with Crippen LogP contribution in [0.25, 0.3) is 210 Å². The van der Waals surface area contributed by atoms with E-state index in [1.165, 1.54) is 116 Å². The third-order valence-corrected chi connectivity index (χ3v) is 27.3. The summed E-state index contributed by atoms with van der Waals surface area (Å²) < 4.78 is 17.9. The highest BCUT2D eigenvalue weighted by atomic mass is 16.3. The summed E-state index contributed by atoms with van der Waals surface area (Å²) in [5.41, 5.74) is 40.3. The maximum atomic E-state index is 6.54. The Bertz CT molecular complexity index is 8920. The van der Waals surface area contributed by atoms with Gasteiger partial charge in [-0.15, -0.1) is 0 Å². The van der Waals surface area contributed by atoms with Crippen LogP contribution in [-0.2, 0) is 0 Å². The van der Waals surface area contributed by atoms with Crippen molar-refractivity contribution in [2.75, 3.05) is 9.80 Å². The van der Waals surface area contributed by atoms with Gasteiger partial charge in [0.15, 0.2) is 0 Å². The molecule has 4 aromatic heterocycles. The molecule has 0 radical (unpaired) electrons. The molecule has 6 nitrogen and oxygen atoms in total. The molecule has 4 heterocycles. The zero-order valence-electron chi connectivity index (χ0n) is 75.4. The highest BCUT2D eigenvalue weighted by Gasteiger charge is 2.24. The number of hydrogen-bond acceptors (Lipinski definition) is 4. The van der Waals surface area contributed by atoms with E-state index in [4.69, 9.17) is 8.83 Å². The van der Waals surface area contributed by atoms with E-state index in [9.17, 15) is 0 Å². The molecule has 0 saturated carbocycles. The highest BCUT2D eigenvalue weighted by Crippen LogP contribution is 2.48. The normalized spacial score (nSPS) is 11.5. The first-order valence-electron chi connectivity index (χ1n) is 47.1. The first kappa shape index (κ1) is 81.6. The zero-order valence-corrected chi connectivity index (χ0v) is 75.4. The van der Waals surface area contributed by atoms with Gasteiger partial charge in [-0.05, 0) is 210 Å². The summed E-state index contributed by atoms with van der Waals surface area (Å²) in [6.45, 7) is 0. The third-order valence-electron chi connectivity index (χ3n) is 27.3. The summed E-state index contributed by atoms with van der Waals surface area (Å²) in [6, 6.07) is 192. The molecule has 0 N–H and O–H groups in total. The Morgan fingerprint density at radius 2 is 0.362 bits per heavy atom. The molecule has 0 atom stereocenters. The van der Waals surface area contributed by atoms with Crippen LogP contribution >= 0.6 is 0 Å². The van der Waals surface area contributed by atoms with Gasteiger partial charge in [-0.3, -0.25) is 0 Å². The second-order valence-electron chi connectivity index (χ2n) is 35.3. The molecule has 0 spiro atoms. The van der Waals surface area contributed by atoms with Gasteiger partial charge in [0.2, 0.25) is 0 Å². The zero-order chi connectivity index (χ0) is 91.4. The topological polar surface area (TPSA) is 42.6 Å². The van der Waals surface area contributed by atoms with Gasteiger partial charge < -0.3 is 27.8 Å². The lowest BCUT2D eigenvalue weighted by Gasteiger charge is -2.27. The fraction of sp³-hybridized carbons (Fsp3) is 0. The molecule has 26 aromatic rings. The van der Waals surface area contributed by atoms with E-state index in [1.807, 2.05) is 24.3 Å². The van der Waals surface area contributed by atoms with Crippen LogP contribution in [0.2, 0.25) is 0 Å². The number of anilines is 6. The summed E-state index contributed by atoms with van der Waals surface area (Å²) >= 11 is 0. The molecule has 0 aliphatic heterocycles. The number of hydrogen-bond donors (Lipinski definition) is 0. The molecule has 26 rings (SSSR count). The smallest absolute Gasteiger partial charge is 0.143 e. The number of aromatic nitrogens is 2. The number of furan rings is 2. The highest BCUT2D eigenvalue weighted by molar-refractivity contribution is 6.14. The van der Waals surface area contributed by atoms with Crippen molar-refractivity contribution >= 4 is 122 Å². The third kappa shape index (κ3) is 15.1. The molecular formula is C132H88N4O2. The molecule has 0 bridgehead atoms. The Morgan fingerprint density at radius 1 is 0.138 bits per heavy atom. The molecular weight excluding hydrogens is 1670 g/mol. The molecule has 0 unspecified atom stereocenters. The van der Waals surface area contributed by atoms with Gasteiger partial charge in [0.05, 0.1) is 33.4 Å². The van der Waals surface area contributed by atoms with E-state index in [-0.39, 0.29) is 0 Å². The van der Waals surface area contributed by atoms with E-state index < -0.39 is 0 Å². The van der Waals surface area contributed by atoms with Gasteiger partial charge >= 0.3 is 0 Å². The van der Waals surface area contributed by atoms with Gasteiger partial charge in [0, 0.05) is 99.5 Å². The Morgan fingerprint density at radius 3 is 0.710 bits per heavy atom. The van der Waals surface area contributed by atoms with Crippen molar-refractivity contribution in [3.63, 3.8) is 0 Å². The van der Waals surface area contributed by atoms with Crippen LogP contribution < -0.4 is 9.80 Å². The summed E-state index contributed by atoms with van der Waals surface area (Å²) in [5, 5.41) is 9.52. The van der Waals surface area contributed by atoms with E-state index >= 15 is 0 Å². The van der Waals surface area contributed by atoms with Crippen LogP contribution in [-0.4, -0.2) is 9.13 Å². The Hall–Kier alpha value is -18.4. The largest absolute Gasteiger partial charge is 0.455 e. The standard InChI is InChI=1S/2C66H44N2O/c1-2-15-45(16-3-1)46-31-33-49(34-32-46)51-17-12-19-54(43-51)67(55-20-13-18-52(44-55)57-25-14-26-61-60-24-7-11-30-65(60)69-66(57)61)53-41-39-48(40-42-53)47-35-37-50(38-36-47)56-21-4-8-27-62(56)68-63-28-9-5-22-58(63)59-23-6-10-29-64(59)68;1-2-14-45(15-3-1)46-28-30-47(31-29-46)49-36-40-53(41-37-49)67(55-17-12-16-52(44-55)57-22-13-23-61-60-21-7-11-27-65(60)69-66(57)61)54-42-38-50(39-43-54)48-32-34-51(35-33-48)56-18-4-8-24-62(56)68-63-25-9-5-19-58(63)59-20-6-10-26-64(59)68/h2*1-44H. The van der Waals surface area contributed by atoms with Crippen molar-refractivity contribution in [1.29, 1.82) is 0 Å². The van der Waals surface area contributed by atoms with E-state index in [1.54, 1.807) is 0 Å². The quantitative estimate of drug-likeness (QED) is 0.0859. The summed E-state index contributed by atoms with van der Waals surface area (Å²) in [7, 11) is 0. The molecule has 6 heteroatoms.